The summed E-state index contributed by atoms with van der Waals surface area (Å²) >= 11 is 0. The molecule has 0 aromatic carbocycles. The number of aromatic nitrogens is 3. The maximum atomic E-state index is 12.9. The number of carbonyl (C=O) groups is 1. The smallest absolute Gasteiger partial charge is 0.237 e. The number of hydrogen-bond donors (Lipinski definition) is 1. The number of likely N-dealkylation sites (tertiary alicyclic amines) is 1. The first-order valence-electron chi connectivity index (χ1n) is 8.97. The number of nitrogens with zero attached hydrogens (tertiary/aromatic N) is 5. The van der Waals surface area contributed by atoms with E-state index in [1.165, 1.54) is 0 Å². The van der Waals surface area contributed by atoms with E-state index in [4.69, 9.17) is 0 Å². The molecule has 1 aliphatic rings. The predicted octanol–water partition coefficient (Wildman–Crippen LogP) is 2.02. The van der Waals surface area contributed by atoms with Crippen LogP contribution >= 0.6 is 0 Å². The van der Waals surface area contributed by atoms with Gasteiger partial charge in [0.1, 0.15) is 11.6 Å². The highest BCUT2D eigenvalue weighted by Crippen LogP contribution is 2.31. The van der Waals surface area contributed by atoms with Gasteiger partial charge >= 0.3 is 0 Å². The number of likely N-dealkylation sites (N-methyl/N-ethyl adjacent to an activating group) is 1. The molecule has 1 aliphatic heterocycles. The van der Waals surface area contributed by atoms with Gasteiger partial charge < -0.3 is 10.2 Å². The minimum Gasteiger partial charge on any atom is -0.373 e. The van der Waals surface area contributed by atoms with Gasteiger partial charge in [-0.1, -0.05) is 6.07 Å². The second-order valence-electron chi connectivity index (χ2n) is 6.75. The van der Waals surface area contributed by atoms with E-state index in [0.717, 1.165) is 42.3 Å². The van der Waals surface area contributed by atoms with Crippen molar-refractivity contribution in [1.29, 1.82) is 0 Å². The van der Waals surface area contributed by atoms with Crippen molar-refractivity contribution in [2.75, 3.05) is 32.5 Å². The van der Waals surface area contributed by atoms with Crippen molar-refractivity contribution in [2.45, 2.75) is 32.4 Å². The largest absolute Gasteiger partial charge is 0.373 e. The third kappa shape index (κ3) is 4.35. The van der Waals surface area contributed by atoms with Gasteiger partial charge in [0.15, 0.2) is 0 Å². The van der Waals surface area contributed by atoms with Gasteiger partial charge in [0, 0.05) is 38.6 Å². The Bertz CT molecular complexity index is 751. The van der Waals surface area contributed by atoms with Crippen molar-refractivity contribution in [1.82, 2.24) is 24.8 Å². The van der Waals surface area contributed by atoms with Crippen LogP contribution in [-0.2, 0) is 11.3 Å². The van der Waals surface area contributed by atoms with E-state index in [1.54, 1.807) is 6.20 Å². The van der Waals surface area contributed by atoms with Crippen LogP contribution in [0.25, 0.3) is 0 Å². The maximum Gasteiger partial charge on any atom is 0.237 e. The molecule has 7 heteroatoms. The first-order chi connectivity index (χ1) is 12.6. The van der Waals surface area contributed by atoms with E-state index < -0.39 is 0 Å². The zero-order valence-electron chi connectivity index (χ0n) is 15.6. The Hall–Kier alpha value is -2.54. The van der Waals surface area contributed by atoms with Crippen LogP contribution in [-0.4, -0.2) is 57.8 Å². The standard InChI is InChI=1S/C19H26N6O/c1-14-22-16(10-18(20-2)23-14)17-7-5-9-25(17)19(26)13-24(3)12-15-6-4-8-21-11-15/h4,6,8,10-11,17H,5,7,9,12-13H2,1-3H3,(H,20,22,23)/t17-/m0/s1. The van der Waals surface area contributed by atoms with Crippen molar-refractivity contribution >= 4 is 11.7 Å². The van der Waals surface area contributed by atoms with Gasteiger partial charge in [-0.05, 0) is 38.4 Å². The van der Waals surface area contributed by atoms with Crippen molar-refractivity contribution in [3.05, 3.63) is 47.7 Å². The summed E-state index contributed by atoms with van der Waals surface area (Å²) in [4.78, 5) is 29.9. The first-order valence-corrected chi connectivity index (χ1v) is 8.97. The summed E-state index contributed by atoms with van der Waals surface area (Å²) in [6, 6.07) is 5.92. The number of nitrogens with one attached hydrogen (secondary N) is 1. The van der Waals surface area contributed by atoms with Gasteiger partial charge in [-0.15, -0.1) is 0 Å². The van der Waals surface area contributed by atoms with Gasteiger partial charge in [0.25, 0.3) is 0 Å². The molecule has 0 aliphatic carbocycles. The molecular weight excluding hydrogens is 328 g/mol. The van der Waals surface area contributed by atoms with E-state index in [9.17, 15) is 4.79 Å². The summed E-state index contributed by atoms with van der Waals surface area (Å²) < 4.78 is 0. The second-order valence-corrected chi connectivity index (χ2v) is 6.75. The number of amides is 1. The molecule has 138 valence electrons. The van der Waals surface area contributed by atoms with Crippen LogP contribution in [0.2, 0.25) is 0 Å². The number of rotatable bonds is 6. The predicted molar refractivity (Wildman–Crippen MR) is 101 cm³/mol. The van der Waals surface area contributed by atoms with Crippen molar-refractivity contribution in [3.8, 4) is 0 Å². The summed E-state index contributed by atoms with van der Waals surface area (Å²) in [5.41, 5.74) is 2.02. The Morgan fingerprint density at radius 2 is 2.27 bits per heavy atom. The number of anilines is 1. The molecule has 0 radical (unpaired) electrons. The van der Waals surface area contributed by atoms with Crippen LogP contribution in [0.3, 0.4) is 0 Å². The van der Waals surface area contributed by atoms with Crippen molar-refractivity contribution < 1.29 is 4.79 Å². The lowest BCUT2D eigenvalue weighted by atomic mass is 10.1. The summed E-state index contributed by atoms with van der Waals surface area (Å²) in [5.74, 6) is 1.65. The van der Waals surface area contributed by atoms with E-state index in [2.05, 4.69) is 20.3 Å². The fourth-order valence-corrected chi connectivity index (χ4v) is 3.44. The Kier molecular flexibility index (Phi) is 5.78. The summed E-state index contributed by atoms with van der Waals surface area (Å²) in [6.07, 6.45) is 5.54. The number of hydrogen-bond acceptors (Lipinski definition) is 6. The Morgan fingerprint density at radius 1 is 1.42 bits per heavy atom. The fourth-order valence-electron chi connectivity index (χ4n) is 3.44. The zero-order valence-corrected chi connectivity index (χ0v) is 15.6. The third-order valence-electron chi connectivity index (χ3n) is 4.61. The van der Waals surface area contributed by atoms with Gasteiger partial charge in [0.05, 0.1) is 18.3 Å². The Balaban J connectivity index is 1.67. The van der Waals surface area contributed by atoms with E-state index >= 15 is 0 Å². The molecule has 1 N–H and O–H groups in total. The third-order valence-corrected chi connectivity index (χ3v) is 4.61. The maximum absolute atomic E-state index is 12.9. The Labute approximate surface area is 154 Å². The molecule has 1 atom stereocenters. The van der Waals surface area contributed by atoms with E-state index in [-0.39, 0.29) is 11.9 Å². The van der Waals surface area contributed by atoms with Crippen LogP contribution in [0.5, 0.6) is 0 Å². The van der Waals surface area contributed by atoms with Gasteiger partial charge in [-0.2, -0.15) is 0 Å². The molecule has 1 amide bonds. The van der Waals surface area contributed by atoms with Crippen LogP contribution in [0.1, 0.15) is 36.0 Å². The molecule has 3 heterocycles. The average molecular weight is 354 g/mol. The van der Waals surface area contributed by atoms with Crippen LogP contribution in [0.4, 0.5) is 5.82 Å². The molecule has 0 spiro atoms. The van der Waals surface area contributed by atoms with E-state index in [1.807, 2.05) is 55.2 Å². The lowest BCUT2D eigenvalue weighted by Crippen LogP contribution is -2.38. The quantitative estimate of drug-likeness (QED) is 0.855. The average Bonchev–Trinajstić information content (AvgIpc) is 3.12. The second kappa shape index (κ2) is 8.23. The highest BCUT2D eigenvalue weighted by Gasteiger charge is 2.31. The van der Waals surface area contributed by atoms with Gasteiger partial charge in [-0.25, -0.2) is 9.97 Å². The highest BCUT2D eigenvalue weighted by atomic mass is 16.2. The molecule has 0 bridgehead atoms. The highest BCUT2D eigenvalue weighted by molar-refractivity contribution is 5.79. The molecule has 2 aromatic heterocycles. The molecule has 3 rings (SSSR count). The molecular formula is C19H26N6O. The van der Waals surface area contributed by atoms with E-state index in [0.29, 0.717) is 13.1 Å². The van der Waals surface area contributed by atoms with Crippen molar-refractivity contribution in [3.63, 3.8) is 0 Å². The zero-order chi connectivity index (χ0) is 18.5. The number of carbonyl (C=O) groups excluding carboxylic acids is 1. The summed E-state index contributed by atoms with van der Waals surface area (Å²) in [7, 11) is 3.81. The molecule has 26 heavy (non-hydrogen) atoms. The number of pyridine rings is 1. The van der Waals surface area contributed by atoms with Gasteiger partial charge in [0.2, 0.25) is 5.91 Å². The van der Waals surface area contributed by atoms with Crippen molar-refractivity contribution in [2.24, 2.45) is 0 Å². The SMILES string of the molecule is CNc1cc([C@@H]2CCCN2C(=O)CN(C)Cc2cccnc2)nc(C)n1. The van der Waals surface area contributed by atoms with Crippen LogP contribution < -0.4 is 5.32 Å². The normalized spacial score (nSPS) is 16.9. The molecule has 7 nitrogen and oxygen atoms in total. The topological polar surface area (TPSA) is 74.2 Å². The minimum atomic E-state index is 0.0306. The monoisotopic (exact) mass is 354 g/mol. The number of aryl methyl sites for hydroxylation is 1. The van der Waals surface area contributed by atoms with Crippen LogP contribution in [0.15, 0.2) is 30.6 Å². The summed E-state index contributed by atoms with van der Waals surface area (Å²) in [6.45, 7) is 3.75. The lowest BCUT2D eigenvalue weighted by Gasteiger charge is -2.27. The molecule has 1 saturated heterocycles. The fraction of sp³-hybridized carbons (Fsp3) is 0.474. The molecule has 1 fully saturated rings. The van der Waals surface area contributed by atoms with Gasteiger partial charge in [-0.3, -0.25) is 14.7 Å². The minimum absolute atomic E-state index is 0.0306. The van der Waals surface area contributed by atoms with Crippen LogP contribution in [0, 0.1) is 6.92 Å². The summed E-state index contributed by atoms with van der Waals surface area (Å²) in [5, 5.41) is 3.07. The molecule has 2 aromatic rings. The lowest BCUT2D eigenvalue weighted by molar-refractivity contribution is -0.133. The molecule has 0 saturated carbocycles. The Morgan fingerprint density at radius 3 is 3.00 bits per heavy atom. The molecule has 0 unspecified atom stereocenters. The first kappa shape index (κ1) is 18.3.